The third-order valence-electron chi connectivity index (χ3n) is 4.94. The number of carbonyl (C=O) groups excluding carboxylic acids is 2. The van der Waals surface area contributed by atoms with Crippen molar-refractivity contribution < 1.29 is 23.2 Å². The number of methoxy groups -OCH3 is 1. The molecular weight excluding hydrogens is 399 g/mol. The Bertz CT molecular complexity index is 1040. The predicted molar refractivity (Wildman–Crippen MR) is 104 cm³/mol. The highest BCUT2D eigenvalue weighted by molar-refractivity contribution is 7.15. The Balaban J connectivity index is 1.35. The topological polar surface area (TPSA) is 97.6 Å². The molecule has 0 radical (unpaired) electrons. The van der Waals surface area contributed by atoms with Crippen LogP contribution in [0.15, 0.2) is 28.9 Å². The van der Waals surface area contributed by atoms with E-state index < -0.39 is 0 Å². The lowest BCUT2D eigenvalue weighted by atomic mass is 9.92. The summed E-state index contributed by atoms with van der Waals surface area (Å²) in [5.41, 5.74) is 1.31. The highest BCUT2D eigenvalue weighted by Gasteiger charge is 2.27. The number of hydrogen-bond donors (Lipinski definition) is 1. The molecule has 1 aromatic carbocycles. The van der Waals surface area contributed by atoms with Crippen LogP contribution in [0.4, 0.5) is 14.3 Å². The Morgan fingerprint density at radius 2 is 2.17 bits per heavy atom. The first-order chi connectivity index (χ1) is 14.0. The zero-order valence-electron chi connectivity index (χ0n) is 15.7. The third kappa shape index (κ3) is 4.21. The summed E-state index contributed by atoms with van der Waals surface area (Å²) in [7, 11) is 1.33. The minimum Gasteiger partial charge on any atom is -0.469 e. The normalized spacial score (nSPS) is 14.9. The van der Waals surface area contributed by atoms with Crippen molar-refractivity contribution in [2.45, 2.75) is 25.2 Å². The second-order valence-corrected chi connectivity index (χ2v) is 7.90. The monoisotopic (exact) mass is 418 g/mol. The number of ether oxygens (including phenoxy) is 1. The van der Waals surface area contributed by atoms with E-state index in [4.69, 9.17) is 4.52 Å². The van der Waals surface area contributed by atoms with Crippen LogP contribution in [0.3, 0.4) is 0 Å². The maximum Gasteiger partial charge on any atom is 0.323 e. The van der Waals surface area contributed by atoms with Gasteiger partial charge in [-0.3, -0.25) is 10.1 Å². The molecule has 2 aromatic heterocycles. The molecule has 4 rings (SSSR count). The molecule has 0 saturated carbocycles. The first-order valence-electron chi connectivity index (χ1n) is 9.16. The van der Waals surface area contributed by atoms with Crippen LogP contribution in [0.1, 0.15) is 29.3 Å². The second kappa shape index (κ2) is 8.16. The van der Waals surface area contributed by atoms with Gasteiger partial charge >= 0.3 is 12.0 Å². The van der Waals surface area contributed by atoms with Gasteiger partial charge in [0.2, 0.25) is 0 Å². The number of benzene rings is 1. The summed E-state index contributed by atoms with van der Waals surface area (Å²) in [5, 5.41) is 8.02. The van der Waals surface area contributed by atoms with Crippen LogP contribution in [0.2, 0.25) is 0 Å². The number of nitrogens with one attached hydrogen (secondary N) is 1. The number of urea groups is 1. The van der Waals surface area contributed by atoms with E-state index in [9.17, 15) is 14.0 Å². The van der Waals surface area contributed by atoms with Crippen LogP contribution in [0.5, 0.6) is 0 Å². The molecule has 1 aliphatic heterocycles. The molecule has 29 heavy (non-hydrogen) atoms. The number of thiazole rings is 1. The van der Waals surface area contributed by atoms with Crippen molar-refractivity contribution in [2.24, 2.45) is 0 Å². The molecule has 2 amide bonds. The molecule has 3 heterocycles. The standard InChI is InChI=1S/C19H19FN4O4S/c1-27-16(25)9-13-10-21-18(29-13)22-19(26)24-6-4-11(5-7-24)17-14-8-12(20)2-3-15(14)28-23-17/h2-3,8,10-11H,4-7,9H2,1H3,(H,21,22,26). The summed E-state index contributed by atoms with van der Waals surface area (Å²) in [6.45, 7) is 1.08. The van der Waals surface area contributed by atoms with E-state index in [2.05, 4.69) is 20.2 Å². The van der Waals surface area contributed by atoms with Crippen LogP contribution < -0.4 is 5.32 Å². The highest BCUT2D eigenvalue weighted by Crippen LogP contribution is 2.33. The van der Waals surface area contributed by atoms with Gasteiger partial charge in [-0.1, -0.05) is 5.16 Å². The van der Waals surface area contributed by atoms with Gasteiger partial charge in [-0.25, -0.2) is 14.2 Å². The summed E-state index contributed by atoms with van der Waals surface area (Å²) >= 11 is 1.24. The highest BCUT2D eigenvalue weighted by atomic mass is 32.1. The van der Waals surface area contributed by atoms with Gasteiger partial charge < -0.3 is 14.2 Å². The number of carbonyl (C=O) groups is 2. The molecular formula is C19H19FN4O4S. The number of anilines is 1. The van der Waals surface area contributed by atoms with Crippen LogP contribution in [0, 0.1) is 5.82 Å². The van der Waals surface area contributed by atoms with Gasteiger partial charge in [-0.2, -0.15) is 0 Å². The maximum absolute atomic E-state index is 13.6. The third-order valence-corrected chi connectivity index (χ3v) is 5.86. The number of halogens is 1. The maximum atomic E-state index is 13.6. The molecule has 0 aliphatic carbocycles. The van der Waals surface area contributed by atoms with Crippen LogP contribution in [-0.2, 0) is 16.0 Å². The molecule has 0 bridgehead atoms. The summed E-state index contributed by atoms with van der Waals surface area (Å²) in [6.07, 6.45) is 3.09. The molecule has 152 valence electrons. The number of amides is 2. The molecule has 1 N–H and O–H groups in total. The fourth-order valence-electron chi connectivity index (χ4n) is 3.41. The van der Waals surface area contributed by atoms with Crippen LogP contribution in [0.25, 0.3) is 11.0 Å². The van der Waals surface area contributed by atoms with Crippen molar-refractivity contribution in [3.8, 4) is 0 Å². The van der Waals surface area contributed by atoms with Crippen molar-refractivity contribution in [1.82, 2.24) is 15.0 Å². The minimum absolute atomic E-state index is 0.105. The Hall–Kier alpha value is -3.01. The molecule has 0 atom stereocenters. The first kappa shape index (κ1) is 19.3. The van der Waals surface area contributed by atoms with E-state index in [1.165, 1.54) is 30.6 Å². The number of aromatic nitrogens is 2. The molecule has 10 heteroatoms. The van der Waals surface area contributed by atoms with Crippen molar-refractivity contribution in [3.63, 3.8) is 0 Å². The first-order valence-corrected chi connectivity index (χ1v) is 9.97. The van der Waals surface area contributed by atoms with E-state index in [1.54, 1.807) is 17.2 Å². The van der Waals surface area contributed by atoms with Gasteiger partial charge in [0, 0.05) is 35.5 Å². The number of nitrogens with zero attached hydrogens (tertiary/aromatic N) is 3. The van der Waals surface area contributed by atoms with Crippen LogP contribution in [-0.4, -0.2) is 47.2 Å². The number of fused-ring (bicyclic) bond motifs is 1. The lowest BCUT2D eigenvalue weighted by Crippen LogP contribution is -2.40. The predicted octanol–water partition coefficient (Wildman–Crippen LogP) is 3.55. The molecule has 0 spiro atoms. The minimum atomic E-state index is -0.353. The molecule has 1 saturated heterocycles. The number of likely N-dealkylation sites (tertiary alicyclic amines) is 1. The Kier molecular flexibility index (Phi) is 5.43. The zero-order valence-corrected chi connectivity index (χ0v) is 16.5. The molecule has 1 fully saturated rings. The summed E-state index contributed by atoms with van der Waals surface area (Å²) in [5.74, 6) is -0.573. The average molecular weight is 418 g/mol. The van der Waals surface area contributed by atoms with Crippen molar-refractivity contribution in [3.05, 3.63) is 40.8 Å². The summed E-state index contributed by atoms with van der Waals surface area (Å²) in [4.78, 5) is 30.4. The number of esters is 1. The fourth-order valence-corrected chi connectivity index (χ4v) is 4.20. The van der Waals surface area contributed by atoms with E-state index >= 15 is 0 Å². The van der Waals surface area contributed by atoms with E-state index in [1.807, 2.05) is 0 Å². The molecule has 0 unspecified atom stereocenters. The summed E-state index contributed by atoms with van der Waals surface area (Å²) < 4.78 is 23.5. The Morgan fingerprint density at radius 3 is 2.93 bits per heavy atom. The SMILES string of the molecule is COC(=O)Cc1cnc(NC(=O)N2CCC(c3noc4ccc(F)cc34)CC2)s1. The van der Waals surface area contributed by atoms with Gasteiger partial charge in [0.25, 0.3) is 0 Å². The lowest BCUT2D eigenvalue weighted by molar-refractivity contribution is -0.139. The fraction of sp³-hybridized carbons (Fsp3) is 0.368. The van der Waals surface area contributed by atoms with Gasteiger partial charge in [0.05, 0.1) is 19.2 Å². The average Bonchev–Trinajstić information content (AvgIpc) is 3.34. The Morgan fingerprint density at radius 1 is 1.38 bits per heavy atom. The number of piperidine rings is 1. The van der Waals surface area contributed by atoms with Gasteiger partial charge in [0.1, 0.15) is 5.82 Å². The zero-order chi connectivity index (χ0) is 20.4. The van der Waals surface area contributed by atoms with E-state index in [0.717, 1.165) is 10.6 Å². The van der Waals surface area contributed by atoms with Crippen molar-refractivity contribution >= 4 is 39.4 Å². The van der Waals surface area contributed by atoms with Gasteiger partial charge in [0.15, 0.2) is 10.7 Å². The van der Waals surface area contributed by atoms with Crippen molar-refractivity contribution in [2.75, 3.05) is 25.5 Å². The van der Waals surface area contributed by atoms with Gasteiger partial charge in [-0.15, -0.1) is 11.3 Å². The largest absolute Gasteiger partial charge is 0.469 e. The van der Waals surface area contributed by atoms with Crippen LogP contribution >= 0.6 is 11.3 Å². The smallest absolute Gasteiger partial charge is 0.323 e. The van der Waals surface area contributed by atoms with Crippen molar-refractivity contribution in [1.29, 1.82) is 0 Å². The number of rotatable bonds is 4. The van der Waals surface area contributed by atoms with E-state index in [0.29, 0.717) is 42.0 Å². The Labute approximate surface area is 169 Å². The quantitative estimate of drug-likeness (QED) is 0.651. The number of hydrogen-bond acceptors (Lipinski definition) is 7. The summed E-state index contributed by atoms with van der Waals surface area (Å²) in [6, 6.07) is 4.12. The van der Waals surface area contributed by atoms with E-state index in [-0.39, 0.29) is 30.2 Å². The molecule has 3 aromatic rings. The lowest BCUT2D eigenvalue weighted by Gasteiger charge is -2.30. The second-order valence-electron chi connectivity index (χ2n) is 6.78. The van der Waals surface area contributed by atoms with Gasteiger partial charge in [-0.05, 0) is 31.0 Å². The molecule has 8 nitrogen and oxygen atoms in total. The molecule has 1 aliphatic rings.